The third kappa shape index (κ3) is 2.99. The standard InChI is InChI=1S/C18H17BrOS/c1-3-16-8-9-17(21-16)18(19)14-5-4-13-11-15(20-2)7-6-12(13)10-14/h4-11,18H,3H2,1-2H3. The Labute approximate surface area is 137 Å². The summed E-state index contributed by atoms with van der Waals surface area (Å²) in [6, 6.07) is 17.2. The van der Waals surface area contributed by atoms with Crippen LogP contribution in [0.4, 0.5) is 0 Å². The van der Waals surface area contributed by atoms with E-state index in [9.17, 15) is 0 Å². The second-order valence-electron chi connectivity index (χ2n) is 4.99. The van der Waals surface area contributed by atoms with E-state index in [1.165, 1.54) is 26.1 Å². The SMILES string of the molecule is CCc1ccc(C(Br)c2ccc3cc(OC)ccc3c2)s1. The highest BCUT2D eigenvalue weighted by atomic mass is 79.9. The lowest BCUT2D eigenvalue weighted by atomic mass is 10.0. The first-order chi connectivity index (χ1) is 10.2. The number of benzene rings is 2. The molecule has 3 rings (SSSR count). The molecule has 0 N–H and O–H groups in total. The van der Waals surface area contributed by atoms with Crippen LogP contribution in [0.5, 0.6) is 5.75 Å². The Bertz CT molecular complexity index is 763. The Hall–Kier alpha value is -1.32. The molecule has 1 heterocycles. The van der Waals surface area contributed by atoms with E-state index in [1.54, 1.807) is 7.11 Å². The van der Waals surface area contributed by atoms with Gasteiger partial charge in [0.15, 0.2) is 0 Å². The van der Waals surface area contributed by atoms with Crippen molar-refractivity contribution in [2.75, 3.05) is 7.11 Å². The minimum absolute atomic E-state index is 0.259. The summed E-state index contributed by atoms with van der Waals surface area (Å²) in [5.41, 5.74) is 1.29. The van der Waals surface area contributed by atoms with Gasteiger partial charge >= 0.3 is 0 Å². The van der Waals surface area contributed by atoms with Crippen LogP contribution in [0.15, 0.2) is 48.5 Å². The van der Waals surface area contributed by atoms with Crippen molar-refractivity contribution in [3.8, 4) is 5.75 Å². The minimum Gasteiger partial charge on any atom is -0.497 e. The number of hydrogen-bond donors (Lipinski definition) is 0. The lowest BCUT2D eigenvalue weighted by Gasteiger charge is -2.10. The molecule has 1 nitrogen and oxygen atoms in total. The molecular weight excluding hydrogens is 344 g/mol. The lowest BCUT2D eigenvalue weighted by molar-refractivity contribution is 0.415. The molecular formula is C18H17BrOS. The van der Waals surface area contributed by atoms with Crippen LogP contribution in [-0.2, 0) is 6.42 Å². The number of thiophene rings is 1. The Morgan fingerprint density at radius 3 is 2.52 bits per heavy atom. The molecule has 0 spiro atoms. The van der Waals surface area contributed by atoms with Crippen molar-refractivity contribution in [2.24, 2.45) is 0 Å². The summed E-state index contributed by atoms with van der Waals surface area (Å²) in [4.78, 5) is 3.05. The van der Waals surface area contributed by atoms with Gasteiger partial charge in [0.05, 0.1) is 11.9 Å². The van der Waals surface area contributed by atoms with Gasteiger partial charge in [0, 0.05) is 9.75 Å². The van der Waals surface area contributed by atoms with Crippen LogP contribution in [0.3, 0.4) is 0 Å². The van der Waals surface area contributed by atoms with Gasteiger partial charge in [-0.05, 0) is 53.1 Å². The van der Waals surface area contributed by atoms with Crippen LogP contribution >= 0.6 is 27.3 Å². The van der Waals surface area contributed by atoms with E-state index in [0.29, 0.717) is 0 Å². The molecule has 1 atom stereocenters. The second-order valence-corrected chi connectivity index (χ2v) is 7.11. The van der Waals surface area contributed by atoms with E-state index >= 15 is 0 Å². The van der Waals surface area contributed by atoms with E-state index in [1.807, 2.05) is 17.4 Å². The number of methoxy groups -OCH3 is 1. The summed E-state index contributed by atoms with van der Waals surface area (Å²) in [6.45, 7) is 2.20. The number of rotatable bonds is 4. The molecule has 0 amide bonds. The minimum atomic E-state index is 0.259. The van der Waals surface area contributed by atoms with Crippen LogP contribution in [0.1, 0.15) is 27.1 Å². The Balaban J connectivity index is 1.96. The molecule has 108 valence electrons. The van der Waals surface area contributed by atoms with Gasteiger partial charge in [-0.15, -0.1) is 11.3 Å². The van der Waals surface area contributed by atoms with Crippen molar-refractivity contribution in [1.29, 1.82) is 0 Å². The molecule has 3 heteroatoms. The van der Waals surface area contributed by atoms with Gasteiger partial charge < -0.3 is 4.74 Å². The smallest absolute Gasteiger partial charge is 0.119 e. The first kappa shape index (κ1) is 14.6. The lowest BCUT2D eigenvalue weighted by Crippen LogP contribution is -1.90. The highest BCUT2D eigenvalue weighted by molar-refractivity contribution is 9.09. The molecule has 0 aliphatic carbocycles. The van der Waals surface area contributed by atoms with Gasteiger partial charge in [0.1, 0.15) is 5.75 Å². The molecule has 0 saturated heterocycles. The third-order valence-corrected chi connectivity index (χ3v) is 6.26. The van der Waals surface area contributed by atoms with Gasteiger partial charge in [-0.3, -0.25) is 0 Å². The van der Waals surface area contributed by atoms with Crippen molar-refractivity contribution in [3.05, 3.63) is 63.8 Å². The third-order valence-electron chi connectivity index (χ3n) is 3.64. The van der Waals surface area contributed by atoms with E-state index in [-0.39, 0.29) is 4.83 Å². The maximum absolute atomic E-state index is 5.28. The van der Waals surface area contributed by atoms with Crippen molar-refractivity contribution in [1.82, 2.24) is 0 Å². The Morgan fingerprint density at radius 2 is 1.81 bits per heavy atom. The largest absolute Gasteiger partial charge is 0.497 e. The Kier molecular flexibility index (Phi) is 4.32. The van der Waals surface area contributed by atoms with E-state index in [0.717, 1.165) is 12.2 Å². The van der Waals surface area contributed by atoms with Crippen LogP contribution in [0.25, 0.3) is 10.8 Å². The average molecular weight is 361 g/mol. The highest BCUT2D eigenvalue weighted by Crippen LogP contribution is 2.36. The maximum atomic E-state index is 5.28. The van der Waals surface area contributed by atoms with Crippen molar-refractivity contribution in [2.45, 2.75) is 18.2 Å². The van der Waals surface area contributed by atoms with Crippen LogP contribution in [0, 0.1) is 0 Å². The first-order valence-corrected chi connectivity index (χ1v) is 8.75. The zero-order valence-electron chi connectivity index (χ0n) is 12.1. The summed E-state index contributed by atoms with van der Waals surface area (Å²) < 4.78 is 5.28. The monoisotopic (exact) mass is 360 g/mol. The highest BCUT2D eigenvalue weighted by Gasteiger charge is 2.13. The summed E-state index contributed by atoms with van der Waals surface area (Å²) >= 11 is 5.72. The van der Waals surface area contributed by atoms with Crippen molar-refractivity contribution >= 4 is 38.0 Å². The van der Waals surface area contributed by atoms with E-state index < -0.39 is 0 Å². The van der Waals surface area contributed by atoms with Crippen molar-refractivity contribution in [3.63, 3.8) is 0 Å². The first-order valence-electron chi connectivity index (χ1n) is 7.01. The van der Waals surface area contributed by atoms with E-state index in [2.05, 4.69) is 65.3 Å². The van der Waals surface area contributed by atoms with Gasteiger partial charge in [0.2, 0.25) is 0 Å². The molecule has 1 aromatic heterocycles. The predicted molar refractivity (Wildman–Crippen MR) is 95.0 cm³/mol. The zero-order valence-corrected chi connectivity index (χ0v) is 14.5. The Morgan fingerprint density at radius 1 is 1.05 bits per heavy atom. The summed E-state index contributed by atoms with van der Waals surface area (Å²) in [7, 11) is 1.70. The fourth-order valence-electron chi connectivity index (χ4n) is 2.41. The molecule has 21 heavy (non-hydrogen) atoms. The molecule has 2 aromatic carbocycles. The van der Waals surface area contributed by atoms with Gasteiger partial charge in [-0.2, -0.15) is 0 Å². The molecule has 0 fully saturated rings. The van der Waals surface area contributed by atoms with Gasteiger partial charge in [0.25, 0.3) is 0 Å². The van der Waals surface area contributed by atoms with Crippen molar-refractivity contribution < 1.29 is 4.74 Å². The number of alkyl halides is 1. The predicted octanol–water partition coefficient (Wildman–Crippen LogP) is 5.96. The fourth-order valence-corrected chi connectivity index (χ4v) is 4.09. The number of fused-ring (bicyclic) bond motifs is 1. The second kappa shape index (κ2) is 6.20. The van der Waals surface area contributed by atoms with Crippen LogP contribution in [0.2, 0.25) is 0 Å². The molecule has 0 saturated carbocycles. The number of hydrogen-bond acceptors (Lipinski definition) is 2. The molecule has 0 aliphatic heterocycles. The molecule has 0 aliphatic rings. The van der Waals surface area contributed by atoms with E-state index in [4.69, 9.17) is 4.74 Å². The quantitative estimate of drug-likeness (QED) is 0.521. The number of ether oxygens (including phenoxy) is 1. The normalized spacial score (nSPS) is 12.5. The molecule has 0 radical (unpaired) electrons. The maximum Gasteiger partial charge on any atom is 0.119 e. The molecule has 3 aromatic rings. The summed E-state index contributed by atoms with van der Waals surface area (Å²) in [5.74, 6) is 0.900. The fraction of sp³-hybridized carbons (Fsp3) is 0.222. The van der Waals surface area contributed by atoms with Crippen LogP contribution in [-0.4, -0.2) is 7.11 Å². The summed E-state index contributed by atoms with van der Waals surface area (Å²) in [6.07, 6.45) is 1.10. The molecule has 0 bridgehead atoms. The summed E-state index contributed by atoms with van der Waals surface area (Å²) in [5, 5.41) is 2.45. The number of aryl methyl sites for hydroxylation is 1. The zero-order chi connectivity index (χ0) is 14.8. The van der Waals surface area contributed by atoms with Gasteiger partial charge in [-0.25, -0.2) is 0 Å². The van der Waals surface area contributed by atoms with Crippen LogP contribution < -0.4 is 4.74 Å². The molecule has 1 unspecified atom stereocenters. The number of halogens is 1. The topological polar surface area (TPSA) is 9.23 Å². The average Bonchev–Trinajstić information content (AvgIpc) is 3.02. The van der Waals surface area contributed by atoms with Gasteiger partial charge in [-0.1, -0.05) is 41.1 Å².